The van der Waals surface area contributed by atoms with Crippen LogP contribution < -0.4 is 14.6 Å². The fourth-order valence-corrected chi connectivity index (χ4v) is 3.10. The molecule has 0 bridgehead atoms. The van der Waals surface area contributed by atoms with E-state index in [9.17, 15) is 13.2 Å². The molecule has 140 valence electrons. The molecule has 0 fully saturated rings. The lowest BCUT2D eigenvalue weighted by atomic mass is 10.2. The summed E-state index contributed by atoms with van der Waals surface area (Å²) in [5.41, 5.74) is 0.0273. The van der Waals surface area contributed by atoms with Gasteiger partial charge in [-0.15, -0.1) is 0 Å². The summed E-state index contributed by atoms with van der Waals surface area (Å²) in [5.74, 6) is 0.633. The predicted octanol–water partition coefficient (Wildman–Crippen LogP) is 2.62. The van der Waals surface area contributed by atoms with E-state index in [1.165, 1.54) is 12.1 Å². The van der Waals surface area contributed by atoms with Gasteiger partial charge in [0.25, 0.3) is 0 Å². The molecule has 0 unspecified atom stereocenters. The number of halogens is 1. The average molecular weight is 400 g/mol. The molecule has 2 aromatic rings. The molecule has 7 nitrogen and oxygen atoms in total. The molecule has 0 aliphatic heterocycles. The minimum Gasteiger partial charge on any atom is -0.494 e. The number of carbonyl (C=O) groups is 1. The summed E-state index contributed by atoms with van der Waals surface area (Å²) in [7, 11) is -4.03. The van der Waals surface area contributed by atoms with Crippen molar-refractivity contribution in [2.75, 3.05) is 19.8 Å². The molecule has 0 aromatic heterocycles. The molecule has 2 rings (SSSR count). The van der Waals surface area contributed by atoms with Gasteiger partial charge >= 0.3 is 5.97 Å². The van der Waals surface area contributed by atoms with E-state index in [2.05, 4.69) is 0 Å². The number of ether oxygens (including phenoxy) is 3. The second-order valence-corrected chi connectivity index (χ2v) is 7.02. The number of hydrogen-bond acceptors (Lipinski definition) is 6. The van der Waals surface area contributed by atoms with Crippen LogP contribution in [0.3, 0.4) is 0 Å². The maximum absolute atomic E-state index is 12.0. The Bertz CT molecular complexity index is 867. The van der Waals surface area contributed by atoms with Crippen LogP contribution >= 0.6 is 11.6 Å². The molecular weight excluding hydrogens is 382 g/mol. The number of primary sulfonamides is 1. The van der Waals surface area contributed by atoms with Crippen molar-refractivity contribution in [2.45, 2.75) is 11.8 Å². The summed E-state index contributed by atoms with van der Waals surface area (Å²) >= 11 is 5.77. The Morgan fingerprint density at radius 3 is 2.23 bits per heavy atom. The standard InChI is InChI=1S/C17H18ClNO6S/c1-2-23-13-4-6-14(7-5-13)24-9-10-25-17(20)12-3-8-15(18)16(11-12)26(19,21)22/h3-8,11H,2,9-10H2,1H3,(H2,19,21,22). The number of benzene rings is 2. The van der Waals surface area contributed by atoms with Crippen LogP contribution in [-0.4, -0.2) is 34.2 Å². The van der Waals surface area contributed by atoms with Crippen LogP contribution in [0.25, 0.3) is 0 Å². The Morgan fingerprint density at radius 2 is 1.65 bits per heavy atom. The van der Waals surface area contributed by atoms with E-state index in [1.54, 1.807) is 24.3 Å². The van der Waals surface area contributed by atoms with E-state index in [4.69, 9.17) is 31.0 Å². The molecule has 0 radical (unpaired) electrons. The van der Waals surface area contributed by atoms with Gasteiger partial charge in [0.1, 0.15) is 29.6 Å². The molecule has 0 amide bonds. The Labute approximate surface area is 156 Å². The number of nitrogens with two attached hydrogens (primary N) is 1. The second-order valence-electron chi connectivity index (χ2n) is 5.08. The lowest BCUT2D eigenvalue weighted by Crippen LogP contribution is -2.15. The smallest absolute Gasteiger partial charge is 0.338 e. The van der Waals surface area contributed by atoms with Crippen molar-refractivity contribution in [1.82, 2.24) is 0 Å². The molecule has 0 heterocycles. The van der Waals surface area contributed by atoms with Crippen molar-refractivity contribution in [3.05, 3.63) is 53.1 Å². The quantitative estimate of drug-likeness (QED) is 0.540. The average Bonchev–Trinajstić information content (AvgIpc) is 2.59. The Hall–Kier alpha value is -2.29. The van der Waals surface area contributed by atoms with Crippen molar-refractivity contribution in [3.63, 3.8) is 0 Å². The van der Waals surface area contributed by atoms with Gasteiger partial charge in [-0.05, 0) is 49.4 Å². The van der Waals surface area contributed by atoms with E-state index >= 15 is 0 Å². The molecule has 0 saturated heterocycles. The van der Waals surface area contributed by atoms with E-state index in [0.717, 1.165) is 11.8 Å². The third-order valence-electron chi connectivity index (χ3n) is 3.19. The molecule has 9 heteroatoms. The number of carbonyl (C=O) groups excluding carboxylic acids is 1. The van der Waals surface area contributed by atoms with Crippen LogP contribution in [0.5, 0.6) is 11.5 Å². The number of rotatable bonds is 8. The van der Waals surface area contributed by atoms with Crippen LogP contribution in [0.15, 0.2) is 47.4 Å². The van der Waals surface area contributed by atoms with E-state index < -0.39 is 16.0 Å². The lowest BCUT2D eigenvalue weighted by Gasteiger charge is -2.09. The molecule has 2 aromatic carbocycles. The summed E-state index contributed by atoms with van der Waals surface area (Å²) < 4.78 is 38.7. The van der Waals surface area contributed by atoms with Crippen LogP contribution in [0.4, 0.5) is 0 Å². The monoisotopic (exact) mass is 399 g/mol. The molecule has 0 aliphatic carbocycles. The van der Waals surface area contributed by atoms with Gasteiger partial charge in [0.2, 0.25) is 10.0 Å². The first kappa shape index (κ1) is 20.0. The highest BCUT2D eigenvalue weighted by Gasteiger charge is 2.17. The number of esters is 1. The molecule has 0 saturated carbocycles. The number of sulfonamides is 1. The SMILES string of the molecule is CCOc1ccc(OCCOC(=O)c2ccc(Cl)c(S(N)(=O)=O)c2)cc1. The largest absolute Gasteiger partial charge is 0.494 e. The summed E-state index contributed by atoms with van der Waals surface area (Å²) in [6.07, 6.45) is 0. The third kappa shape index (κ3) is 5.62. The van der Waals surface area contributed by atoms with Gasteiger partial charge in [0, 0.05) is 0 Å². The van der Waals surface area contributed by atoms with Crippen LogP contribution in [0, 0.1) is 0 Å². The number of hydrogen-bond donors (Lipinski definition) is 1. The minimum atomic E-state index is -4.03. The van der Waals surface area contributed by atoms with Gasteiger partial charge in [-0.3, -0.25) is 0 Å². The minimum absolute atomic E-state index is 0.0145. The highest BCUT2D eigenvalue weighted by atomic mass is 35.5. The van der Waals surface area contributed by atoms with Crippen LogP contribution in [0.1, 0.15) is 17.3 Å². The van der Waals surface area contributed by atoms with Gasteiger partial charge in [0.05, 0.1) is 17.2 Å². The van der Waals surface area contributed by atoms with Crippen LogP contribution in [0.2, 0.25) is 5.02 Å². The zero-order chi connectivity index (χ0) is 19.2. The molecule has 2 N–H and O–H groups in total. The van der Waals surface area contributed by atoms with Gasteiger partial charge < -0.3 is 14.2 Å². The topological polar surface area (TPSA) is 105 Å². The van der Waals surface area contributed by atoms with Gasteiger partial charge in [-0.2, -0.15) is 0 Å². The zero-order valence-corrected chi connectivity index (χ0v) is 15.5. The first-order chi connectivity index (χ1) is 12.3. The normalized spacial score (nSPS) is 11.0. The summed E-state index contributed by atoms with van der Waals surface area (Å²) in [6, 6.07) is 10.7. The summed E-state index contributed by atoms with van der Waals surface area (Å²) in [5, 5.41) is 4.98. The van der Waals surface area contributed by atoms with Gasteiger partial charge in [-0.1, -0.05) is 11.6 Å². The highest BCUT2D eigenvalue weighted by molar-refractivity contribution is 7.89. The zero-order valence-electron chi connectivity index (χ0n) is 14.0. The Balaban J connectivity index is 1.87. The Morgan fingerprint density at radius 1 is 1.04 bits per heavy atom. The molecule has 0 atom stereocenters. The fourth-order valence-electron chi connectivity index (χ4n) is 2.02. The fraction of sp³-hybridized carbons (Fsp3) is 0.235. The first-order valence-electron chi connectivity index (χ1n) is 7.66. The van der Waals surface area contributed by atoms with Crippen molar-refractivity contribution in [2.24, 2.45) is 5.14 Å². The van der Waals surface area contributed by atoms with Crippen molar-refractivity contribution >= 4 is 27.6 Å². The molecule has 0 spiro atoms. The molecule has 0 aliphatic rings. The van der Waals surface area contributed by atoms with E-state index in [-0.39, 0.29) is 28.7 Å². The lowest BCUT2D eigenvalue weighted by molar-refractivity contribution is 0.0450. The predicted molar refractivity (Wildman–Crippen MR) is 96.2 cm³/mol. The maximum Gasteiger partial charge on any atom is 0.338 e. The Kier molecular flexibility index (Phi) is 6.84. The van der Waals surface area contributed by atoms with E-state index in [0.29, 0.717) is 12.4 Å². The highest BCUT2D eigenvalue weighted by Crippen LogP contribution is 2.22. The van der Waals surface area contributed by atoms with Gasteiger partial charge in [-0.25, -0.2) is 18.4 Å². The van der Waals surface area contributed by atoms with Gasteiger partial charge in [0.15, 0.2) is 0 Å². The maximum atomic E-state index is 12.0. The summed E-state index contributed by atoms with van der Waals surface area (Å²) in [4.78, 5) is 11.7. The molecule has 26 heavy (non-hydrogen) atoms. The third-order valence-corrected chi connectivity index (χ3v) is 4.59. The first-order valence-corrected chi connectivity index (χ1v) is 9.59. The molecular formula is C17H18ClNO6S. The van der Waals surface area contributed by atoms with E-state index in [1.807, 2.05) is 6.92 Å². The van der Waals surface area contributed by atoms with Crippen molar-refractivity contribution in [1.29, 1.82) is 0 Å². The second kappa shape index (κ2) is 8.88. The van der Waals surface area contributed by atoms with Crippen LogP contribution in [-0.2, 0) is 14.8 Å². The summed E-state index contributed by atoms with van der Waals surface area (Å²) in [6.45, 7) is 2.59. The van der Waals surface area contributed by atoms with Crippen molar-refractivity contribution < 1.29 is 27.4 Å². The van der Waals surface area contributed by atoms with Crippen molar-refractivity contribution in [3.8, 4) is 11.5 Å².